The molecular weight excluding hydrogens is 404 g/mol. The Morgan fingerprint density at radius 1 is 1.21 bits per heavy atom. The maximum absolute atomic E-state index is 12.6. The number of benzene rings is 1. The van der Waals surface area contributed by atoms with Crippen molar-refractivity contribution in [3.8, 4) is 0 Å². The molecule has 2 aromatic heterocycles. The van der Waals surface area contributed by atoms with Crippen LogP contribution in [0.15, 0.2) is 46.1 Å². The van der Waals surface area contributed by atoms with Crippen LogP contribution in [0, 0.1) is 13.8 Å². The fourth-order valence-electron chi connectivity index (χ4n) is 3.16. The lowest BCUT2D eigenvalue weighted by Crippen LogP contribution is -2.15. The summed E-state index contributed by atoms with van der Waals surface area (Å²) in [6.07, 6.45) is 0.994. The summed E-state index contributed by atoms with van der Waals surface area (Å²) in [5.41, 5.74) is 5.82. The van der Waals surface area contributed by atoms with Crippen molar-refractivity contribution >= 4 is 34.9 Å². The lowest BCUT2D eigenvalue weighted by atomic mass is 10.1. The highest BCUT2D eigenvalue weighted by atomic mass is 32.2. The number of carbonyl (C=O) groups is 2. The Kier molecular flexibility index (Phi) is 7.28. The number of Topliss-reactive ketones (excluding diaryl/α,β-unsaturated/α-hetero) is 1. The van der Waals surface area contributed by atoms with Crippen molar-refractivity contribution in [1.29, 1.82) is 0 Å². The van der Waals surface area contributed by atoms with Crippen LogP contribution in [-0.4, -0.2) is 27.9 Å². The molecule has 0 amide bonds. The van der Waals surface area contributed by atoms with Gasteiger partial charge in [0.25, 0.3) is 0 Å². The van der Waals surface area contributed by atoms with Crippen molar-refractivity contribution in [2.45, 2.75) is 44.4 Å². The van der Waals surface area contributed by atoms with Gasteiger partial charge in [-0.05, 0) is 38.5 Å². The summed E-state index contributed by atoms with van der Waals surface area (Å²) in [5, 5.41) is 1.99. The molecule has 0 aliphatic heterocycles. The van der Waals surface area contributed by atoms with Gasteiger partial charge in [0.2, 0.25) is 5.78 Å². The monoisotopic (exact) mass is 428 g/mol. The molecule has 0 radical (unpaired) electrons. The molecule has 3 aromatic rings. The Morgan fingerprint density at radius 2 is 2.00 bits per heavy atom. The summed E-state index contributed by atoms with van der Waals surface area (Å²) in [7, 11) is 0. The van der Waals surface area contributed by atoms with E-state index in [4.69, 9.17) is 4.74 Å². The SMILES string of the molecule is CCCn1c(C)cc(C(=O)COC(=O)c2ccccc2SCc2cscn2)c1C. The second kappa shape index (κ2) is 9.89. The molecule has 0 saturated carbocycles. The number of ether oxygens (including phenoxy) is 1. The van der Waals surface area contributed by atoms with E-state index in [1.807, 2.05) is 37.4 Å². The number of esters is 1. The zero-order valence-electron chi connectivity index (χ0n) is 16.8. The van der Waals surface area contributed by atoms with Crippen LogP contribution in [0.4, 0.5) is 0 Å². The first-order valence-corrected chi connectivity index (χ1v) is 11.4. The molecule has 0 atom stereocenters. The van der Waals surface area contributed by atoms with Crippen molar-refractivity contribution in [3.63, 3.8) is 0 Å². The van der Waals surface area contributed by atoms with Crippen LogP contribution < -0.4 is 0 Å². The number of thioether (sulfide) groups is 1. The molecule has 0 unspecified atom stereocenters. The second-order valence-electron chi connectivity index (χ2n) is 6.70. The molecular formula is C22H24N2O3S2. The van der Waals surface area contributed by atoms with Crippen LogP contribution in [0.3, 0.4) is 0 Å². The van der Waals surface area contributed by atoms with E-state index in [9.17, 15) is 9.59 Å². The fourth-order valence-corrected chi connectivity index (χ4v) is 4.77. The molecule has 0 aliphatic carbocycles. The molecule has 1 aromatic carbocycles. The van der Waals surface area contributed by atoms with E-state index < -0.39 is 5.97 Å². The number of thiazole rings is 1. The topological polar surface area (TPSA) is 61.2 Å². The summed E-state index contributed by atoms with van der Waals surface area (Å²) in [4.78, 5) is 30.3. The lowest BCUT2D eigenvalue weighted by Gasteiger charge is -2.09. The molecule has 3 rings (SSSR count). The van der Waals surface area contributed by atoms with Gasteiger partial charge in [-0.3, -0.25) is 4.79 Å². The number of aromatic nitrogens is 2. The zero-order chi connectivity index (χ0) is 20.8. The van der Waals surface area contributed by atoms with Gasteiger partial charge < -0.3 is 9.30 Å². The minimum atomic E-state index is -0.484. The fraction of sp³-hybridized carbons (Fsp3) is 0.318. The maximum atomic E-state index is 12.6. The Bertz CT molecular complexity index is 994. The highest BCUT2D eigenvalue weighted by Gasteiger charge is 2.19. The molecule has 152 valence electrons. The van der Waals surface area contributed by atoms with Crippen molar-refractivity contribution in [3.05, 3.63) is 69.4 Å². The number of hydrogen-bond acceptors (Lipinski definition) is 6. The normalized spacial score (nSPS) is 10.9. The number of aryl methyl sites for hydroxylation is 1. The predicted molar refractivity (Wildman–Crippen MR) is 117 cm³/mol. The van der Waals surface area contributed by atoms with Gasteiger partial charge in [-0.25, -0.2) is 9.78 Å². The van der Waals surface area contributed by atoms with Gasteiger partial charge in [0.1, 0.15) is 0 Å². The molecule has 7 heteroatoms. The zero-order valence-corrected chi connectivity index (χ0v) is 18.4. The quantitative estimate of drug-likeness (QED) is 0.263. The molecule has 0 saturated heterocycles. The smallest absolute Gasteiger partial charge is 0.339 e. The van der Waals surface area contributed by atoms with Gasteiger partial charge in [0.05, 0.1) is 16.8 Å². The summed E-state index contributed by atoms with van der Waals surface area (Å²) in [5.74, 6) is 0.0133. The number of rotatable bonds is 9. The molecule has 0 N–H and O–H groups in total. The van der Waals surface area contributed by atoms with Crippen molar-refractivity contribution < 1.29 is 14.3 Å². The minimum Gasteiger partial charge on any atom is -0.454 e. The van der Waals surface area contributed by atoms with Gasteiger partial charge in [-0.1, -0.05) is 19.1 Å². The van der Waals surface area contributed by atoms with E-state index in [1.165, 1.54) is 11.8 Å². The van der Waals surface area contributed by atoms with E-state index in [1.54, 1.807) is 29.0 Å². The van der Waals surface area contributed by atoms with E-state index in [0.29, 0.717) is 16.9 Å². The van der Waals surface area contributed by atoms with Gasteiger partial charge in [-0.2, -0.15) is 0 Å². The van der Waals surface area contributed by atoms with E-state index in [-0.39, 0.29) is 12.4 Å². The van der Waals surface area contributed by atoms with Gasteiger partial charge in [0.15, 0.2) is 6.61 Å². The van der Waals surface area contributed by atoms with Crippen LogP contribution in [0.5, 0.6) is 0 Å². The van der Waals surface area contributed by atoms with Crippen LogP contribution in [0.2, 0.25) is 0 Å². The van der Waals surface area contributed by atoms with E-state index >= 15 is 0 Å². The summed E-state index contributed by atoms with van der Waals surface area (Å²) < 4.78 is 7.49. The number of ketones is 1. The largest absolute Gasteiger partial charge is 0.454 e. The Hall–Kier alpha value is -2.38. The first-order chi connectivity index (χ1) is 14.0. The molecule has 29 heavy (non-hydrogen) atoms. The first-order valence-electron chi connectivity index (χ1n) is 9.47. The van der Waals surface area contributed by atoms with Crippen LogP contribution in [0.25, 0.3) is 0 Å². The number of nitrogens with zero attached hydrogens (tertiary/aromatic N) is 2. The van der Waals surface area contributed by atoms with E-state index in [2.05, 4.69) is 16.5 Å². The maximum Gasteiger partial charge on any atom is 0.339 e. The van der Waals surface area contributed by atoms with Gasteiger partial charge in [-0.15, -0.1) is 23.1 Å². The summed E-state index contributed by atoms with van der Waals surface area (Å²) in [6, 6.07) is 9.16. The van der Waals surface area contributed by atoms with E-state index in [0.717, 1.165) is 34.9 Å². The average Bonchev–Trinajstić information content (AvgIpc) is 3.34. The highest BCUT2D eigenvalue weighted by molar-refractivity contribution is 7.98. The third-order valence-corrected chi connectivity index (χ3v) is 6.36. The minimum absolute atomic E-state index is 0.179. The Labute approximate surface area is 179 Å². The van der Waals surface area contributed by atoms with Gasteiger partial charge >= 0.3 is 5.97 Å². The summed E-state index contributed by atoms with van der Waals surface area (Å²) in [6.45, 7) is 6.63. The third-order valence-electron chi connectivity index (χ3n) is 4.62. The van der Waals surface area contributed by atoms with Crippen LogP contribution in [-0.2, 0) is 17.0 Å². The first kappa shape index (κ1) is 21.3. The van der Waals surface area contributed by atoms with Gasteiger partial charge in [0, 0.05) is 39.5 Å². The molecule has 2 heterocycles. The standard InChI is InChI=1S/C22H24N2O3S2/c1-4-9-24-15(2)10-19(16(24)3)20(25)11-27-22(26)18-7-5-6-8-21(18)29-13-17-12-28-14-23-17/h5-8,10,12,14H,4,9,11,13H2,1-3H3. The van der Waals surface area contributed by atoms with Crippen molar-refractivity contribution in [2.24, 2.45) is 0 Å². The number of hydrogen-bond donors (Lipinski definition) is 0. The Morgan fingerprint density at radius 3 is 2.72 bits per heavy atom. The highest BCUT2D eigenvalue weighted by Crippen LogP contribution is 2.27. The molecule has 5 nitrogen and oxygen atoms in total. The van der Waals surface area contributed by atoms with Crippen molar-refractivity contribution in [2.75, 3.05) is 6.61 Å². The lowest BCUT2D eigenvalue weighted by molar-refractivity contribution is 0.0471. The Balaban J connectivity index is 1.65. The van der Waals surface area contributed by atoms with Crippen molar-refractivity contribution in [1.82, 2.24) is 9.55 Å². The van der Waals surface area contributed by atoms with Crippen LogP contribution in [0.1, 0.15) is 51.1 Å². The molecule has 0 bridgehead atoms. The second-order valence-corrected chi connectivity index (χ2v) is 8.44. The summed E-state index contributed by atoms with van der Waals surface area (Å²) >= 11 is 3.08. The predicted octanol–water partition coefficient (Wildman–Crippen LogP) is 5.30. The molecule has 0 spiro atoms. The molecule has 0 fully saturated rings. The third kappa shape index (κ3) is 5.16. The average molecular weight is 429 g/mol. The number of carbonyl (C=O) groups excluding carboxylic acids is 2. The molecule has 0 aliphatic rings. The van der Waals surface area contributed by atoms with Crippen LogP contribution >= 0.6 is 23.1 Å².